The third-order valence-electron chi connectivity index (χ3n) is 3.23. The first kappa shape index (κ1) is 23.7. The number of alkyl halides is 3. The summed E-state index contributed by atoms with van der Waals surface area (Å²) < 4.78 is 64.3. The van der Waals surface area contributed by atoms with Crippen molar-refractivity contribution in [3.8, 4) is 5.75 Å². The van der Waals surface area contributed by atoms with Crippen molar-refractivity contribution in [1.29, 1.82) is 0 Å². The van der Waals surface area contributed by atoms with E-state index < -0.39 is 21.0 Å². The highest BCUT2D eigenvalue weighted by atomic mass is 32.2. The zero-order chi connectivity index (χ0) is 20.1. The quantitative estimate of drug-likeness (QED) is 0.254. The number of hydrogen-bond acceptors (Lipinski definition) is 5. The molecule has 0 aliphatic rings. The van der Waals surface area contributed by atoms with Crippen molar-refractivity contribution in [3.63, 3.8) is 0 Å². The lowest BCUT2D eigenvalue weighted by Gasteiger charge is -2.19. The number of rotatable bonds is 4. The van der Waals surface area contributed by atoms with Crippen LogP contribution in [-0.4, -0.2) is 37.0 Å². The van der Waals surface area contributed by atoms with Crippen LogP contribution >= 0.6 is 0 Å². The molecule has 0 heterocycles. The van der Waals surface area contributed by atoms with Gasteiger partial charge >= 0.3 is 11.5 Å². The number of benzene rings is 1. The Morgan fingerprint density at radius 2 is 1.56 bits per heavy atom. The molecular weight excluding hydrogens is 381 g/mol. The molecule has 0 saturated heterocycles. The second-order valence-electron chi connectivity index (χ2n) is 5.81. The molecule has 0 unspecified atom stereocenters. The average Bonchev–Trinajstić information content (AvgIpc) is 2.46. The molecule has 0 bridgehead atoms. The number of ether oxygens (including phenoxy) is 1. The minimum Gasteiger partial charge on any atom is -0.741 e. The molecule has 0 atom stereocenters. The Morgan fingerprint density at radius 3 is 1.84 bits per heavy atom. The summed E-state index contributed by atoms with van der Waals surface area (Å²) in [7, 11) is -5.85. The summed E-state index contributed by atoms with van der Waals surface area (Å²) in [6, 6.07) is 7.77. The van der Waals surface area contributed by atoms with E-state index in [4.69, 9.17) is 17.7 Å². The molecule has 0 radical (unpaired) electrons. The third-order valence-corrected chi connectivity index (χ3v) is 5.01. The lowest BCUT2D eigenvalue weighted by atomic mass is 9.91. The van der Waals surface area contributed by atoms with Gasteiger partial charge < -0.3 is 9.29 Å². The van der Waals surface area contributed by atoms with Gasteiger partial charge in [-0.3, -0.25) is 4.79 Å². The maximum atomic E-state index is 11.9. The van der Waals surface area contributed by atoms with Gasteiger partial charge in [0.2, 0.25) is 0 Å². The monoisotopic (exact) mass is 402 g/mol. The highest BCUT2D eigenvalue weighted by molar-refractivity contribution is 7.95. The summed E-state index contributed by atoms with van der Waals surface area (Å²) in [6.45, 7) is 5.79. The van der Waals surface area contributed by atoms with Gasteiger partial charge in [0.1, 0.15) is 18.3 Å². The zero-order valence-corrected chi connectivity index (χ0v) is 16.1. The van der Waals surface area contributed by atoms with E-state index in [2.05, 4.69) is 12.5 Å². The molecule has 0 saturated carbocycles. The number of halogens is 3. The molecule has 0 N–H and O–H groups in total. The van der Waals surface area contributed by atoms with Crippen molar-refractivity contribution >= 4 is 27.0 Å². The molecule has 1 aromatic carbocycles. The fraction of sp³-hybridized carbons (Fsp3) is 0.533. The molecule has 0 aromatic heterocycles. The Labute approximate surface area is 148 Å². The Hall–Kier alpha value is -1.26. The Morgan fingerprint density at radius 1 is 1.16 bits per heavy atom. The SMILES string of the molecule is CCC(C)(C)C(=O)Oc1ccc([S+](C)C)cc1.O=S(=O)([O-])C(F)(F)F. The zero-order valence-electron chi connectivity index (χ0n) is 14.5. The van der Waals surface area contributed by atoms with Crippen LogP contribution in [0.25, 0.3) is 0 Å². The van der Waals surface area contributed by atoms with Crippen LogP contribution in [0.2, 0.25) is 0 Å². The van der Waals surface area contributed by atoms with Gasteiger partial charge in [-0.05, 0) is 44.5 Å². The average molecular weight is 402 g/mol. The van der Waals surface area contributed by atoms with Crippen LogP contribution in [0.3, 0.4) is 0 Å². The minimum atomic E-state index is -6.09. The van der Waals surface area contributed by atoms with Gasteiger partial charge in [0.05, 0.1) is 5.41 Å². The van der Waals surface area contributed by atoms with Crippen LogP contribution in [0.1, 0.15) is 27.2 Å². The first-order valence-corrected chi connectivity index (χ1v) is 10.5. The standard InChI is InChI=1S/C14H21O2S.CHF3O3S/c1-6-14(2,3)13(15)16-11-7-9-12(10-8-11)17(4)5;2-1(3,4)8(5,6)7/h7-10H,6H2,1-5H3;(H,5,6,7)/q+1;/p-1. The van der Waals surface area contributed by atoms with Crippen molar-refractivity contribution in [2.45, 2.75) is 37.6 Å². The van der Waals surface area contributed by atoms with Crippen LogP contribution in [-0.2, 0) is 25.8 Å². The molecule has 25 heavy (non-hydrogen) atoms. The Balaban J connectivity index is 0.000000609. The van der Waals surface area contributed by atoms with Crippen LogP contribution in [0, 0.1) is 5.41 Å². The van der Waals surface area contributed by atoms with Gasteiger partial charge in [-0.15, -0.1) is 0 Å². The molecule has 144 valence electrons. The van der Waals surface area contributed by atoms with E-state index in [9.17, 15) is 18.0 Å². The van der Waals surface area contributed by atoms with Gasteiger partial charge in [0.25, 0.3) is 0 Å². The summed E-state index contributed by atoms with van der Waals surface area (Å²) in [4.78, 5) is 13.1. The highest BCUT2D eigenvalue weighted by Crippen LogP contribution is 2.24. The van der Waals surface area contributed by atoms with Crippen molar-refractivity contribution in [2.24, 2.45) is 5.41 Å². The summed E-state index contributed by atoms with van der Waals surface area (Å²) in [6.07, 6.45) is 5.11. The van der Waals surface area contributed by atoms with Gasteiger partial charge in [0, 0.05) is 10.9 Å². The first-order valence-electron chi connectivity index (χ1n) is 7.04. The molecule has 0 amide bonds. The predicted octanol–water partition coefficient (Wildman–Crippen LogP) is 3.32. The fourth-order valence-corrected chi connectivity index (χ4v) is 1.85. The minimum absolute atomic E-state index is 0.167. The normalized spacial score (nSPS) is 12.4. The Bertz CT molecular complexity index is 665. The van der Waals surface area contributed by atoms with Crippen LogP contribution in [0.15, 0.2) is 29.2 Å². The largest absolute Gasteiger partial charge is 0.741 e. The van der Waals surface area contributed by atoms with Crippen molar-refractivity contribution in [3.05, 3.63) is 24.3 Å². The first-order chi connectivity index (χ1) is 11.1. The number of carbonyl (C=O) groups is 1. The summed E-state index contributed by atoms with van der Waals surface area (Å²) in [5.74, 6) is 0.463. The van der Waals surface area contributed by atoms with Crippen LogP contribution < -0.4 is 4.74 Å². The summed E-state index contributed by atoms with van der Waals surface area (Å²) in [5, 5.41) is 0. The van der Waals surface area contributed by atoms with Gasteiger partial charge in [-0.25, -0.2) is 8.42 Å². The van der Waals surface area contributed by atoms with E-state index in [1.165, 1.54) is 4.90 Å². The van der Waals surface area contributed by atoms with Gasteiger partial charge in [0.15, 0.2) is 15.0 Å². The molecule has 1 rings (SSSR count). The maximum Gasteiger partial charge on any atom is 0.485 e. The molecule has 0 aliphatic heterocycles. The molecule has 0 fully saturated rings. The van der Waals surface area contributed by atoms with Crippen LogP contribution in [0.5, 0.6) is 5.75 Å². The van der Waals surface area contributed by atoms with Gasteiger partial charge in [-0.2, -0.15) is 13.2 Å². The van der Waals surface area contributed by atoms with Crippen molar-refractivity contribution in [1.82, 2.24) is 0 Å². The molecule has 1 aromatic rings. The molecule has 10 heteroatoms. The highest BCUT2D eigenvalue weighted by Gasteiger charge is 2.36. The second kappa shape index (κ2) is 8.91. The van der Waals surface area contributed by atoms with E-state index in [0.717, 1.165) is 6.42 Å². The van der Waals surface area contributed by atoms with Crippen molar-refractivity contribution < 1.29 is 35.7 Å². The van der Waals surface area contributed by atoms with Crippen molar-refractivity contribution in [2.75, 3.05) is 12.5 Å². The number of hydrogen-bond donors (Lipinski definition) is 0. The number of esters is 1. The van der Waals surface area contributed by atoms with Crippen LogP contribution in [0.4, 0.5) is 13.2 Å². The van der Waals surface area contributed by atoms with E-state index in [1.807, 2.05) is 45.0 Å². The smallest absolute Gasteiger partial charge is 0.485 e. The topological polar surface area (TPSA) is 83.5 Å². The fourth-order valence-electron chi connectivity index (χ4n) is 1.17. The van der Waals surface area contributed by atoms with E-state index >= 15 is 0 Å². The summed E-state index contributed by atoms with van der Waals surface area (Å²) >= 11 is 0. The molecule has 0 spiro atoms. The van der Waals surface area contributed by atoms with E-state index in [0.29, 0.717) is 5.75 Å². The maximum absolute atomic E-state index is 11.9. The lowest BCUT2D eigenvalue weighted by Crippen LogP contribution is -2.28. The molecule has 5 nitrogen and oxygen atoms in total. The lowest BCUT2D eigenvalue weighted by molar-refractivity contribution is -0.144. The molecular formula is C15H21F3O5S2. The summed E-state index contributed by atoms with van der Waals surface area (Å²) in [5.41, 5.74) is -6.06. The van der Waals surface area contributed by atoms with Gasteiger partial charge in [-0.1, -0.05) is 6.92 Å². The third kappa shape index (κ3) is 8.10. The molecule has 0 aliphatic carbocycles. The second-order valence-corrected chi connectivity index (χ2v) is 9.29. The number of carbonyl (C=O) groups excluding carboxylic acids is 1. The Kier molecular flexibility index (Phi) is 8.46. The van der Waals surface area contributed by atoms with E-state index in [-0.39, 0.29) is 16.9 Å². The van der Waals surface area contributed by atoms with E-state index in [1.54, 1.807) is 0 Å². The predicted molar refractivity (Wildman–Crippen MR) is 89.4 cm³/mol.